The second kappa shape index (κ2) is 15.2. The Hall–Kier alpha value is -4.79. The van der Waals surface area contributed by atoms with Crippen molar-refractivity contribution in [3.63, 3.8) is 0 Å². The van der Waals surface area contributed by atoms with Crippen molar-refractivity contribution >= 4 is 55.1 Å². The number of carbonyl (C=O) groups is 2. The minimum absolute atomic E-state index is 0.0238. The Morgan fingerprint density at radius 3 is 1.47 bits per heavy atom. The van der Waals surface area contributed by atoms with Gasteiger partial charge in [0.25, 0.3) is 0 Å². The van der Waals surface area contributed by atoms with Gasteiger partial charge in [-0.2, -0.15) is 0 Å². The molecule has 4 heterocycles. The monoisotopic (exact) mass is 877 g/mol. The molecule has 0 unspecified atom stereocenters. The summed E-state index contributed by atoms with van der Waals surface area (Å²) in [6.07, 6.45) is 4.79. The first-order valence-electron chi connectivity index (χ1n) is 16.3. The molecule has 21 heteroatoms. The Bertz CT molecular complexity index is 2460. The number of hydrogen-bond acceptors (Lipinski definition) is 5. The minimum Gasteiger partial charge on any atom is -0.477 e. The second-order valence-corrected chi connectivity index (χ2v) is 17.4. The van der Waals surface area contributed by atoms with Crippen LogP contribution in [0, 0.1) is 27.7 Å². The van der Waals surface area contributed by atoms with Gasteiger partial charge in [-0.15, -0.1) is 11.6 Å². The quantitative estimate of drug-likeness (QED) is 0.0894. The van der Waals surface area contributed by atoms with Gasteiger partial charge in [-0.05, 0) is 92.8 Å². The lowest BCUT2D eigenvalue weighted by Crippen LogP contribution is -2.08. The summed E-state index contributed by atoms with van der Waals surface area (Å²) >= 11 is 4.64. The standard InChI is InChI=1S/C18H17F5N2OS.C10H10N2O2.C7H8F5NS.CH3Cl/c1-12-6-9-17-24-13(2)18(25(17)11-12)16(26)8-7-14-4-3-5-15(10-14)27(19,20,21,22)23;1-6-3-4-8-11-7(2)9(10(13)14)12(8)5-6;8-14(9,10,11,12)7-3-1-2-6(4-7)5-13;1-2/h3-6,9-11H,7-8H2,1-2H3;3-5H,1-2H3,(H,13,14);1-4H,5,13H2;1H3. The number of nitrogens with two attached hydrogens (primary N) is 1. The first-order valence-corrected chi connectivity index (χ1v) is 20.9. The highest BCUT2D eigenvalue weighted by molar-refractivity contribution is 8.46. The molecule has 0 bridgehead atoms. The Morgan fingerprint density at radius 2 is 1.05 bits per heavy atom. The number of Topliss-reactive ketones (excluding diaryl/α,β-unsaturated/α-hetero) is 1. The van der Waals surface area contributed by atoms with Crippen LogP contribution < -0.4 is 5.73 Å². The van der Waals surface area contributed by atoms with Gasteiger partial charge in [0, 0.05) is 31.7 Å². The number of ketones is 1. The highest BCUT2D eigenvalue weighted by Gasteiger charge is 2.66. The molecule has 57 heavy (non-hydrogen) atoms. The second-order valence-electron chi connectivity index (χ2n) is 12.6. The lowest BCUT2D eigenvalue weighted by Gasteiger charge is -2.40. The number of aromatic nitrogens is 4. The van der Waals surface area contributed by atoms with Crippen LogP contribution in [0.2, 0.25) is 0 Å². The zero-order valence-corrected chi connectivity index (χ0v) is 33.2. The van der Waals surface area contributed by atoms with Crippen molar-refractivity contribution in [1.29, 1.82) is 0 Å². The molecular weight excluding hydrogens is 840 g/mol. The molecule has 0 atom stereocenters. The summed E-state index contributed by atoms with van der Waals surface area (Å²) in [6.45, 7) is 6.94. The molecule has 0 spiro atoms. The van der Waals surface area contributed by atoms with Gasteiger partial charge >= 0.3 is 26.4 Å². The van der Waals surface area contributed by atoms with Crippen molar-refractivity contribution in [1.82, 2.24) is 18.8 Å². The van der Waals surface area contributed by atoms with E-state index in [1.165, 1.54) is 18.5 Å². The Morgan fingerprint density at radius 1 is 0.649 bits per heavy atom. The summed E-state index contributed by atoms with van der Waals surface area (Å²) in [5, 5.41) is 8.98. The number of imidazole rings is 2. The van der Waals surface area contributed by atoms with Gasteiger partial charge in [-0.3, -0.25) is 13.6 Å². The summed E-state index contributed by atoms with van der Waals surface area (Å²) in [4.78, 5) is 28.2. The highest BCUT2D eigenvalue weighted by atomic mass is 35.5. The number of halogens is 11. The van der Waals surface area contributed by atoms with E-state index in [0.29, 0.717) is 52.6 Å². The Balaban J connectivity index is 0.000000245. The molecule has 314 valence electrons. The fourth-order valence-corrected chi connectivity index (χ4v) is 6.78. The number of pyridine rings is 2. The zero-order chi connectivity index (χ0) is 43.5. The fourth-order valence-electron chi connectivity index (χ4n) is 5.36. The number of alkyl halides is 1. The average molecular weight is 878 g/mol. The maximum atomic E-state index is 12.9. The lowest BCUT2D eigenvalue weighted by molar-refractivity contribution is 0.0688. The van der Waals surface area contributed by atoms with E-state index in [0.717, 1.165) is 23.3 Å². The molecule has 0 aliphatic carbocycles. The lowest BCUT2D eigenvalue weighted by atomic mass is 10.1. The number of hydrogen-bond donors (Lipinski definition) is 2. The number of carboxylic acid groups (broad SMARTS) is 1. The van der Waals surface area contributed by atoms with E-state index in [9.17, 15) is 48.4 Å². The van der Waals surface area contributed by atoms with E-state index in [-0.39, 0.29) is 42.0 Å². The highest BCUT2D eigenvalue weighted by Crippen LogP contribution is 3.02. The molecular formula is C36H38ClF10N5O3S2. The third-order valence-electron chi connectivity index (χ3n) is 7.91. The number of benzene rings is 2. The molecule has 0 aliphatic heterocycles. The maximum Gasteiger partial charge on any atom is 0.354 e. The van der Waals surface area contributed by atoms with E-state index in [1.807, 2.05) is 32.0 Å². The summed E-state index contributed by atoms with van der Waals surface area (Å²) in [7, 11) is -19.3. The minimum atomic E-state index is -9.74. The van der Waals surface area contributed by atoms with Gasteiger partial charge in [0.15, 0.2) is 11.5 Å². The van der Waals surface area contributed by atoms with Crippen LogP contribution in [0.1, 0.15) is 61.0 Å². The van der Waals surface area contributed by atoms with Crippen LogP contribution in [0.25, 0.3) is 11.3 Å². The van der Waals surface area contributed by atoms with Gasteiger partial charge in [-0.25, -0.2) is 14.8 Å². The SMILES string of the molecule is CCl.Cc1ccc2nc(C)c(C(=O)CCc3cccc(S(F)(F)(F)(F)F)c3)n2c1.Cc1ccc2nc(C)c(C(=O)O)n2c1.NCc1cccc(S(F)(F)(F)(F)F)c1. The Labute approximate surface area is 325 Å². The molecule has 6 aromatic rings. The number of aryl methyl sites for hydroxylation is 5. The summed E-state index contributed by atoms with van der Waals surface area (Å²) in [5.41, 5.74) is 9.92. The van der Waals surface area contributed by atoms with Gasteiger partial charge < -0.3 is 10.8 Å². The third kappa shape index (κ3) is 12.3. The van der Waals surface area contributed by atoms with E-state index in [1.54, 1.807) is 41.1 Å². The number of fused-ring (bicyclic) bond motifs is 2. The predicted molar refractivity (Wildman–Crippen MR) is 204 cm³/mol. The average Bonchev–Trinajstić information content (AvgIpc) is 3.61. The normalized spacial score (nSPS) is 14.0. The molecule has 0 saturated heterocycles. The van der Waals surface area contributed by atoms with Crippen molar-refractivity contribution in [2.75, 3.05) is 6.38 Å². The summed E-state index contributed by atoms with van der Waals surface area (Å²) < 4.78 is 129. The Kier molecular flexibility index (Phi) is 12.4. The summed E-state index contributed by atoms with van der Waals surface area (Å²) in [6, 6.07) is 13.2. The van der Waals surface area contributed by atoms with Crippen LogP contribution in [0.3, 0.4) is 0 Å². The van der Waals surface area contributed by atoms with Crippen molar-refractivity contribution < 1.29 is 53.6 Å². The largest absolute Gasteiger partial charge is 0.477 e. The van der Waals surface area contributed by atoms with Crippen LogP contribution in [0.4, 0.5) is 38.9 Å². The molecule has 8 nitrogen and oxygen atoms in total. The molecule has 3 N–H and O–H groups in total. The van der Waals surface area contributed by atoms with Gasteiger partial charge in [0.05, 0.1) is 11.4 Å². The molecule has 2 aromatic carbocycles. The van der Waals surface area contributed by atoms with E-state index in [2.05, 4.69) is 21.6 Å². The van der Waals surface area contributed by atoms with E-state index in [4.69, 9.17) is 10.8 Å². The van der Waals surface area contributed by atoms with E-state index >= 15 is 0 Å². The molecule has 0 saturated carbocycles. The van der Waals surface area contributed by atoms with Crippen molar-refractivity contribution in [3.05, 3.63) is 130 Å². The van der Waals surface area contributed by atoms with E-state index < -0.39 is 36.2 Å². The van der Waals surface area contributed by atoms with Crippen LogP contribution in [-0.4, -0.2) is 42.0 Å². The molecule has 0 amide bonds. The van der Waals surface area contributed by atoms with Crippen LogP contribution in [-0.2, 0) is 13.0 Å². The number of aromatic carboxylic acids is 1. The summed E-state index contributed by atoms with van der Waals surface area (Å²) in [5.74, 6) is -1.26. The molecule has 0 aliphatic rings. The van der Waals surface area contributed by atoms with Crippen LogP contribution in [0.5, 0.6) is 0 Å². The zero-order valence-electron chi connectivity index (χ0n) is 30.8. The maximum absolute atomic E-state index is 12.9. The molecule has 0 radical (unpaired) electrons. The van der Waals surface area contributed by atoms with Gasteiger partial charge in [0.1, 0.15) is 26.8 Å². The smallest absolute Gasteiger partial charge is 0.354 e. The third-order valence-corrected chi connectivity index (χ3v) is 10.2. The number of nitrogens with zero attached hydrogens (tertiary/aromatic N) is 4. The first kappa shape index (κ1) is 46.6. The van der Waals surface area contributed by atoms with Crippen molar-refractivity contribution in [2.24, 2.45) is 5.73 Å². The predicted octanol–water partition coefficient (Wildman–Crippen LogP) is 12.7. The van der Waals surface area contributed by atoms with Gasteiger partial charge in [0.2, 0.25) is 0 Å². The van der Waals surface area contributed by atoms with Crippen LogP contribution >= 0.6 is 32.0 Å². The molecule has 4 aromatic heterocycles. The van der Waals surface area contributed by atoms with Crippen LogP contribution in [0.15, 0.2) is 95.0 Å². The number of carbonyl (C=O) groups excluding carboxylic acids is 1. The topological polar surface area (TPSA) is 115 Å². The van der Waals surface area contributed by atoms with Crippen molar-refractivity contribution in [2.45, 2.75) is 56.9 Å². The molecule has 0 fully saturated rings. The molecule has 6 rings (SSSR count). The van der Waals surface area contributed by atoms with Crippen molar-refractivity contribution in [3.8, 4) is 0 Å². The van der Waals surface area contributed by atoms with Gasteiger partial charge in [-0.1, -0.05) is 75.3 Å². The number of carboxylic acids is 1. The first-order chi connectivity index (χ1) is 25.9. The number of rotatable bonds is 8. The fraction of sp³-hybridized carbons (Fsp3) is 0.222.